The first-order valence-corrected chi connectivity index (χ1v) is 3.40. The quantitative estimate of drug-likeness (QED) is 0.367. The van der Waals surface area contributed by atoms with Gasteiger partial charge in [-0.2, -0.15) is 0 Å². The predicted molar refractivity (Wildman–Crippen MR) is 39.9 cm³/mol. The highest BCUT2D eigenvalue weighted by Crippen LogP contribution is 1.85. The van der Waals surface area contributed by atoms with Gasteiger partial charge in [0.1, 0.15) is 6.54 Å². The average Bonchev–Trinajstić information content (AvgIpc) is 2.04. The Bertz CT molecular complexity index is 191. The van der Waals surface area contributed by atoms with E-state index in [1.54, 1.807) is 6.92 Å². The minimum atomic E-state index is -0.959. The first kappa shape index (κ1) is 10.6. The molecule has 0 aliphatic carbocycles. The van der Waals surface area contributed by atoms with Crippen LogP contribution in [-0.2, 0) is 14.3 Å². The van der Waals surface area contributed by atoms with E-state index in [4.69, 9.17) is 0 Å². The second kappa shape index (κ2) is 6.33. The fourth-order valence-electron chi connectivity index (χ4n) is 0.478. The summed E-state index contributed by atoms with van der Waals surface area (Å²) in [5.74, 6) is -1.45. The predicted octanol–water partition coefficient (Wildman–Crippen LogP) is 0.149. The summed E-state index contributed by atoms with van der Waals surface area (Å²) >= 11 is 0. The molecule has 0 radical (unpaired) electrons. The van der Waals surface area contributed by atoms with Gasteiger partial charge >= 0.3 is 5.97 Å². The number of halogens is 1. The van der Waals surface area contributed by atoms with Crippen LogP contribution in [0.15, 0.2) is 12.0 Å². The maximum absolute atomic E-state index is 12.0. The summed E-state index contributed by atoms with van der Waals surface area (Å²) in [6.07, 6.45) is 0.849. The highest BCUT2D eigenvalue weighted by molar-refractivity contribution is 5.72. The molecule has 0 aromatic heterocycles. The molecule has 0 aromatic carbocycles. The molecule has 0 heterocycles. The Kier molecular flexibility index (Phi) is 5.60. The van der Waals surface area contributed by atoms with Crippen LogP contribution in [0.1, 0.15) is 6.92 Å². The van der Waals surface area contributed by atoms with Gasteiger partial charge in [0, 0.05) is 6.20 Å². The zero-order valence-electron chi connectivity index (χ0n) is 6.67. The maximum atomic E-state index is 12.0. The van der Waals surface area contributed by atoms with Crippen molar-refractivity contribution in [3.05, 3.63) is 12.0 Å². The van der Waals surface area contributed by atoms with Gasteiger partial charge in [-0.3, -0.25) is 9.59 Å². The minimum Gasteiger partial charge on any atom is -0.465 e. The summed E-state index contributed by atoms with van der Waals surface area (Å²) in [6.45, 7) is 1.80. The van der Waals surface area contributed by atoms with E-state index in [1.165, 1.54) is 0 Å². The Labute approximate surface area is 69.4 Å². The van der Waals surface area contributed by atoms with Crippen molar-refractivity contribution in [2.45, 2.75) is 6.92 Å². The fourth-order valence-corrected chi connectivity index (χ4v) is 0.478. The van der Waals surface area contributed by atoms with Crippen LogP contribution in [-0.4, -0.2) is 25.4 Å². The van der Waals surface area contributed by atoms with Crippen LogP contribution < -0.4 is 5.32 Å². The Hall–Kier alpha value is -1.39. The summed E-state index contributed by atoms with van der Waals surface area (Å²) in [5, 5.41) is 2.28. The smallest absolute Gasteiger partial charge is 0.325 e. The van der Waals surface area contributed by atoms with Gasteiger partial charge in [-0.25, -0.2) is 4.39 Å². The largest absolute Gasteiger partial charge is 0.465 e. The van der Waals surface area contributed by atoms with Crippen molar-refractivity contribution in [3.8, 4) is 0 Å². The van der Waals surface area contributed by atoms with E-state index in [0.29, 0.717) is 0 Å². The zero-order chi connectivity index (χ0) is 9.40. The summed E-state index contributed by atoms with van der Waals surface area (Å²) < 4.78 is 16.6. The molecule has 0 amide bonds. The molecule has 0 saturated carbocycles. The van der Waals surface area contributed by atoms with Gasteiger partial charge in [-0.05, 0) is 6.92 Å². The number of nitrogens with one attached hydrogen (secondary N) is 1. The molecule has 68 valence electrons. The van der Waals surface area contributed by atoms with Gasteiger partial charge in [0.05, 0.1) is 6.61 Å². The molecular formula is C7H10FNO3. The second-order valence-corrected chi connectivity index (χ2v) is 1.83. The third-order valence-corrected chi connectivity index (χ3v) is 0.904. The maximum Gasteiger partial charge on any atom is 0.325 e. The molecular weight excluding hydrogens is 165 g/mol. The molecule has 0 saturated heterocycles. The van der Waals surface area contributed by atoms with E-state index < -0.39 is 11.8 Å². The summed E-state index contributed by atoms with van der Waals surface area (Å²) in [6, 6.07) is 0. The molecule has 0 rings (SSSR count). The fraction of sp³-hybridized carbons (Fsp3) is 0.429. The molecule has 0 aromatic rings. The number of esters is 1. The van der Waals surface area contributed by atoms with Gasteiger partial charge in [0.25, 0.3) is 0 Å². The Balaban J connectivity index is 3.55. The normalized spacial score (nSPS) is 10.7. The Morgan fingerprint density at radius 3 is 2.83 bits per heavy atom. The van der Waals surface area contributed by atoms with Crippen molar-refractivity contribution in [1.29, 1.82) is 0 Å². The average molecular weight is 175 g/mol. The molecule has 0 fully saturated rings. The van der Waals surface area contributed by atoms with Crippen LogP contribution in [0.25, 0.3) is 0 Å². The zero-order valence-corrected chi connectivity index (χ0v) is 6.67. The minimum absolute atomic E-state index is 0.0398. The van der Waals surface area contributed by atoms with Crippen LogP contribution in [0.5, 0.6) is 0 Å². The van der Waals surface area contributed by atoms with E-state index in [2.05, 4.69) is 10.1 Å². The molecule has 1 N–H and O–H groups in total. The highest BCUT2D eigenvalue weighted by Gasteiger charge is 1.98. The SMILES string of the molecule is CCOC(=O)CN/C=C(\F)C=O. The third kappa shape index (κ3) is 5.40. The number of allylic oxidation sites excluding steroid dienone is 1. The second-order valence-electron chi connectivity index (χ2n) is 1.83. The van der Waals surface area contributed by atoms with Crippen LogP contribution in [0.3, 0.4) is 0 Å². The van der Waals surface area contributed by atoms with Crippen LogP contribution in [0.2, 0.25) is 0 Å². The standard InChI is InChI=1S/C7H10FNO3/c1-2-12-7(11)4-9-3-6(8)5-10/h3,5,9H,2,4H2,1H3/b6-3-. The summed E-state index contributed by atoms with van der Waals surface area (Å²) in [4.78, 5) is 20.3. The lowest BCUT2D eigenvalue weighted by atomic mass is 10.6. The molecule has 4 nitrogen and oxygen atoms in total. The van der Waals surface area contributed by atoms with Crippen LogP contribution in [0, 0.1) is 0 Å². The third-order valence-electron chi connectivity index (χ3n) is 0.904. The number of carbonyl (C=O) groups excluding carboxylic acids is 2. The van der Waals surface area contributed by atoms with Crippen molar-refractivity contribution in [3.63, 3.8) is 0 Å². The van der Waals surface area contributed by atoms with Gasteiger partial charge in [0.15, 0.2) is 12.1 Å². The number of hydrogen-bond acceptors (Lipinski definition) is 4. The molecule has 0 aliphatic rings. The summed E-state index contributed by atoms with van der Waals surface area (Å²) in [5.41, 5.74) is 0. The number of aldehydes is 1. The number of ether oxygens (including phenoxy) is 1. The van der Waals surface area contributed by atoms with Crippen molar-refractivity contribution >= 4 is 12.3 Å². The van der Waals surface area contributed by atoms with Crippen LogP contribution in [0.4, 0.5) is 4.39 Å². The molecule has 5 heteroatoms. The Morgan fingerprint density at radius 1 is 1.67 bits per heavy atom. The molecule has 0 atom stereocenters. The number of hydrogen-bond donors (Lipinski definition) is 1. The number of rotatable bonds is 5. The van der Waals surface area contributed by atoms with E-state index in [0.717, 1.165) is 6.20 Å². The Morgan fingerprint density at radius 2 is 2.33 bits per heavy atom. The molecule has 0 spiro atoms. The van der Waals surface area contributed by atoms with E-state index in [-0.39, 0.29) is 19.4 Å². The van der Waals surface area contributed by atoms with Gasteiger partial charge < -0.3 is 10.1 Å². The molecule has 12 heavy (non-hydrogen) atoms. The first-order valence-electron chi connectivity index (χ1n) is 3.40. The molecule has 0 unspecified atom stereocenters. The van der Waals surface area contributed by atoms with E-state index in [9.17, 15) is 14.0 Å². The highest BCUT2D eigenvalue weighted by atomic mass is 19.1. The van der Waals surface area contributed by atoms with Crippen molar-refractivity contribution in [2.24, 2.45) is 0 Å². The molecule has 0 aliphatic heterocycles. The van der Waals surface area contributed by atoms with Gasteiger partial charge in [0.2, 0.25) is 0 Å². The topological polar surface area (TPSA) is 55.4 Å². The van der Waals surface area contributed by atoms with Crippen molar-refractivity contribution < 1.29 is 18.7 Å². The summed E-state index contributed by atoms with van der Waals surface area (Å²) in [7, 11) is 0. The van der Waals surface area contributed by atoms with Gasteiger partial charge in [-0.15, -0.1) is 0 Å². The van der Waals surface area contributed by atoms with Crippen LogP contribution >= 0.6 is 0 Å². The lowest BCUT2D eigenvalue weighted by Crippen LogP contribution is -2.20. The van der Waals surface area contributed by atoms with E-state index >= 15 is 0 Å². The molecule has 0 bridgehead atoms. The van der Waals surface area contributed by atoms with Crippen molar-refractivity contribution in [1.82, 2.24) is 5.32 Å². The lowest BCUT2D eigenvalue weighted by Gasteiger charge is -1.99. The first-order chi connectivity index (χ1) is 5.70. The van der Waals surface area contributed by atoms with Gasteiger partial charge in [-0.1, -0.05) is 0 Å². The monoisotopic (exact) mass is 175 g/mol. The lowest BCUT2D eigenvalue weighted by molar-refractivity contribution is -0.141. The van der Waals surface area contributed by atoms with E-state index in [1.807, 2.05) is 0 Å². The number of carbonyl (C=O) groups is 2. The van der Waals surface area contributed by atoms with Crippen molar-refractivity contribution in [2.75, 3.05) is 13.2 Å².